The van der Waals surface area contributed by atoms with E-state index in [9.17, 15) is 4.79 Å². The van der Waals surface area contributed by atoms with Crippen molar-refractivity contribution in [3.05, 3.63) is 27.9 Å². The Hall–Kier alpha value is -2.45. The topological polar surface area (TPSA) is 115 Å². The summed E-state index contributed by atoms with van der Waals surface area (Å²) in [6.45, 7) is 0.268. The second kappa shape index (κ2) is 5.32. The number of aromatic amines is 1. The number of azide groups is 1. The van der Waals surface area contributed by atoms with Crippen LogP contribution in [0.5, 0.6) is 0 Å². The summed E-state index contributed by atoms with van der Waals surface area (Å²) in [7, 11) is 0. The Labute approximate surface area is 84.7 Å². The standard InChI is InChI=1S/C8H7N5O2/c9-13-10-4-2-1-3-6-5-11-12-7(6)8(14)15/h5H,2,4H2,(H,11,12)(H,14,15). The fraction of sp³-hybridized carbons (Fsp3) is 0.250. The summed E-state index contributed by atoms with van der Waals surface area (Å²) >= 11 is 0. The molecule has 0 amide bonds. The highest BCUT2D eigenvalue weighted by Crippen LogP contribution is 2.01. The van der Waals surface area contributed by atoms with Crippen LogP contribution >= 0.6 is 0 Å². The first kappa shape index (κ1) is 10.6. The van der Waals surface area contributed by atoms with Gasteiger partial charge < -0.3 is 5.11 Å². The molecule has 0 spiro atoms. The molecule has 1 rings (SSSR count). The van der Waals surface area contributed by atoms with E-state index in [2.05, 4.69) is 32.1 Å². The number of hydrogen-bond donors (Lipinski definition) is 2. The Morgan fingerprint density at radius 2 is 2.60 bits per heavy atom. The van der Waals surface area contributed by atoms with Gasteiger partial charge in [0.25, 0.3) is 0 Å². The van der Waals surface area contributed by atoms with Crippen molar-refractivity contribution in [3.8, 4) is 11.8 Å². The number of carboxylic acid groups (broad SMARTS) is 1. The number of aromatic carboxylic acids is 1. The number of aromatic nitrogens is 2. The third-order valence-electron chi connectivity index (χ3n) is 1.48. The van der Waals surface area contributed by atoms with Crippen LogP contribution in [-0.4, -0.2) is 27.8 Å². The molecule has 1 heterocycles. The quantitative estimate of drug-likeness (QED) is 0.253. The molecule has 15 heavy (non-hydrogen) atoms. The lowest BCUT2D eigenvalue weighted by Gasteiger charge is -1.86. The number of hydrogen-bond acceptors (Lipinski definition) is 3. The molecule has 7 heteroatoms. The van der Waals surface area contributed by atoms with E-state index in [1.54, 1.807) is 0 Å². The molecule has 0 fully saturated rings. The molecule has 0 aliphatic heterocycles. The van der Waals surface area contributed by atoms with Crippen LogP contribution in [0.4, 0.5) is 0 Å². The lowest BCUT2D eigenvalue weighted by molar-refractivity contribution is 0.0690. The Balaban J connectivity index is 2.67. The van der Waals surface area contributed by atoms with Gasteiger partial charge in [-0.1, -0.05) is 17.0 Å². The zero-order chi connectivity index (χ0) is 11.1. The molecule has 0 atom stereocenters. The van der Waals surface area contributed by atoms with Crippen molar-refractivity contribution < 1.29 is 9.90 Å². The van der Waals surface area contributed by atoms with E-state index < -0.39 is 5.97 Å². The second-order valence-corrected chi connectivity index (χ2v) is 2.47. The van der Waals surface area contributed by atoms with Crippen LogP contribution in [0, 0.1) is 11.8 Å². The Morgan fingerprint density at radius 1 is 1.80 bits per heavy atom. The van der Waals surface area contributed by atoms with Gasteiger partial charge in [0.1, 0.15) is 0 Å². The van der Waals surface area contributed by atoms with E-state index in [-0.39, 0.29) is 12.2 Å². The molecule has 0 bridgehead atoms. The van der Waals surface area contributed by atoms with E-state index in [4.69, 9.17) is 10.6 Å². The smallest absolute Gasteiger partial charge is 0.355 e. The highest BCUT2D eigenvalue weighted by molar-refractivity contribution is 5.88. The maximum absolute atomic E-state index is 10.6. The summed E-state index contributed by atoms with van der Waals surface area (Å²) < 4.78 is 0. The molecule has 1 aromatic rings. The van der Waals surface area contributed by atoms with Crippen molar-refractivity contribution in [2.75, 3.05) is 6.54 Å². The van der Waals surface area contributed by atoms with Gasteiger partial charge in [-0.3, -0.25) is 5.10 Å². The molecule has 0 aromatic carbocycles. The van der Waals surface area contributed by atoms with Gasteiger partial charge in [-0.2, -0.15) is 5.10 Å². The summed E-state index contributed by atoms with van der Waals surface area (Å²) in [4.78, 5) is 13.2. The highest BCUT2D eigenvalue weighted by atomic mass is 16.4. The average Bonchev–Trinajstić information content (AvgIpc) is 2.66. The van der Waals surface area contributed by atoms with Crippen LogP contribution in [0.15, 0.2) is 11.3 Å². The fourth-order valence-corrected chi connectivity index (χ4v) is 0.852. The van der Waals surface area contributed by atoms with Gasteiger partial charge >= 0.3 is 5.97 Å². The number of rotatable bonds is 3. The normalized spacial score (nSPS) is 8.53. The number of H-pyrrole nitrogens is 1. The van der Waals surface area contributed by atoms with Gasteiger partial charge in [0.2, 0.25) is 0 Å². The average molecular weight is 205 g/mol. The third-order valence-corrected chi connectivity index (χ3v) is 1.48. The molecule has 0 unspecified atom stereocenters. The molecule has 7 nitrogen and oxygen atoms in total. The predicted molar refractivity (Wildman–Crippen MR) is 51.1 cm³/mol. The van der Waals surface area contributed by atoms with Gasteiger partial charge in [0.05, 0.1) is 11.8 Å². The minimum Gasteiger partial charge on any atom is -0.476 e. The highest BCUT2D eigenvalue weighted by Gasteiger charge is 2.09. The minimum atomic E-state index is -1.10. The molecule has 0 radical (unpaired) electrons. The van der Waals surface area contributed by atoms with Crippen molar-refractivity contribution in [2.24, 2.45) is 5.11 Å². The molecule has 76 valence electrons. The molecule has 0 aliphatic rings. The number of carboxylic acids is 1. The Morgan fingerprint density at radius 3 is 3.27 bits per heavy atom. The molecule has 0 saturated carbocycles. The van der Waals surface area contributed by atoms with E-state index in [0.717, 1.165) is 0 Å². The van der Waals surface area contributed by atoms with Crippen molar-refractivity contribution in [2.45, 2.75) is 6.42 Å². The van der Waals surface area contributed by atoms with Gasteiger partial charge in [-0.25, -0.2) is 4.79 Å². The van der Waals surface area contributed by atoms with E-state index in [0.29, 0.717) is 12.0 Å². The summed E-state index contributed by atoms with van der Waals surface area (Å²) in [5.41, 5.74) is 8.27. The van der Waals surface area contributed by atoms with Gasteiger partial charge in [0.15, 0.2) is 5.69 Å². The largest absolute Gasteiger partial charge is 0.476 e. The van der Waals surface area contributed by atoms with Crippen molar-refractivity contribution in [1.29, 1.82) is 0 Å². The van der Waals surface area contributed by atoms with Crippen LogP contribution < -0.4 is 0 Å². The first-order valence-electron chi connectivity index (χ1n) is 4.02. The first-order valence-corrected chi connectivity index (χ1v) is 4.02. The SMILES string of the molecule is [N-]=[N+]=NCCC#Cc1cn[nH]c1C(=O)O. The Kier molecular flexibility index (Phi) is 3.77. The zero-order valence-electron chi connectivity index (χ0n) is 7.64. The van der Waals surface area contributed by atoms with E-state index >= 15 is 0 Å². The van der Waals surface area contributed by atoms with Crippen molar-refractivity contribution in [1.82, 2.24) is 10.2 Å². The predicted octanol–water partition coefficient (Wildman–Crippen LogP) is 1.16. The second-order valence-electron chi connectivity index (χ2n) is 2.47. The first-order chi connectivity index (χ1) is 7.25. The third kappa shape index (κ3) is 3.06. The summed E-state index contributed by atoms with van der Waals surface area (Å²) in [6.07, 6.45) is 1.72. The monoisotopic (exact) mass is 205 g/mol. The molecular formula is C8H7N5O2. The lowest BCUT2D eigenvalue weighted by atomic mass is 10.2. The van der Waals surface area contributed by atoms with Crippen LogP contribution in [0.2, 0.25) is 0 Å². The molecular weight excluding hydrogens is 198 g/mol. The van der Waals surface area contributed by atoms with Gasteiger partial charge in [0, 0.05) is 17.9 Å². The van der Waals surface area contributed by atoms with Crippen molar-refractivity contribution in [3.63, 3.8) is 0 Å². The minimum absolute atomic E-state index is 0.0358. The zero-order valence-corrected chi connectivity index (χ0v) is 7.64. The fourth-order valence-electron chi connectivity index (χ4n) is 0.852. The molecule has 0 saturated heterocycles. The van der Waals surface area contributed by atoms with E-state index in [1.807, 2.05) is 0 Å². The van der Waals surface area contributed by atoms with Crippen LogP contribution in [0.3, 0.4) is 0 Å². The summed E-state index contributed by atoms with van der Waals surface area (Å²) in [5, 5.41) is 17.9. The molecule has 0 aliphatic carbocycles. The van der Waals surface area contributed by atoms with E-state index in [1.165, 1.54) is 6.20 Å². The van der Waals surface area contributed by atoms with Crippen LogP contribution in [0.1, 0.15) is 22.5 Å². The maximum atomic E-state index is 10.6. The molecule has 1 aromatic heterocycles. The summed E-state index contributed by atoms with van der Waals surface area (Å²) in [6, 6.07) is 0. The van der Waals surface area contributed by atoms with Crippen LogP contribution in [0.25, 0.3) is 10.4 Å². The number of carbonyl (C=O) groups is 1. The number of nitrogens with one attached hydrogen (secondary N) is 1. The summed E-state index contributed by atoms with van der Waals surface area (Å²) in [5.74, 6) is 4.20. The lowest BCUT2D eigenvalue weighted by Crippen LogP contribution is -1.99. The van der Waals surface area contributed by atoms with Gasteiger partial charge in [-0.15, -0.1) is 0 Å². The van der Waals surface area contributed by atoms with Crippen LogP contribution in [-0.2, 0) is 0 Å². The Bertz CT molecular complexity index is 461. The van der Waals surface area contributed by atoms with Gasteiger partial charge in [-0.05, 0) is 5.53 Å². The van der Waals surface area contributed by atoms with Crippen molar-refractivity contribution >= 4 is 5.97 Å². The molecule has 2 N–H and O–H groups in total. The number of nitrogens with zero attached hydrogens (tertiary/aromatic N) is 4. The maximum Gasteiger partial charge on any atom is 0.355 e.